The predicted octanol–water partition coefficient (Wildman–Crippen LogP) is 2.28. The lowest BCUT2D eigenvalue weighted by atomic mass is 9.75. The van der Waals surface area contributed by atoms with Crippen LogP contribution in [0.5, 0.6) is 0 Å². The minimum atomic E-state index is -2.85. The first-order valence-electron chi connectivity index (χ1n) is 6.56. The highest BCUT2D eigenvalue weighted by molar-refractivity contribution is 6.62. The summed E-state index contributed by atoms with van der Waals surface area (Å²) in [6.07, 6.45) is -4.69. The summed E-state index contributed by atoms with van der Waals surface area (Å²) in [5.41, 5.74) is -0.527. The van der Waals surface area contributed by atoms with Crippen LogP contribution < -0.4 is 5.46 Å². The fourth-order valence-corrected chi connectivity index (χ4v) is 2.10. The molecule has 0 saturated carbocycles. The lowest BCUT2D eigenvalue weighted by molar-refractivity contribution is -0.00535. The Morgan fingerprint density at radius 3 is 2.05 bits per heavy atom. The molecule has 0 bridgehead atoms. The van der Waals surface area contributed by atoms with Crippen LogP contribution in [-0.4, -0.2) is 29.9 Å². The zero-order valence-electron chi connectivity index (χ0n) is 12.1. The van der Waals surface area contributed by atoms with E-state index in [1.807, 2.05) is 27.7 Å². The van der Waals surface area contributed by atoms with Crippen LogP contribution in [0.4, 0.5) is 8.78 Å². The molecule has 0 aliphatic carbocycles. The van der Waals surface area contributed by atoms with Crippen LogP contribution in [0.15, 0.2) is 24.3 Å². The summed E-state index contributed by atoms with van der Waals surface area (Å²) < 4.78 is 37.2. The summed E-state index contributed by atoms with van der Waals surface area (Å²) in [7, 11) is -0.760. The minimum absolute atomic E-state index is 0.140. The first-order valence-corrected chi connectivity index (χ1v) is 6.56. The van der Waals surface area contributed by atoms with Gasteiger partial charge in [0.2, 0.25) is 0 Å². The molecule has 3 nitrogen and oxygen atoms in total. The van der Waals surface area contributed by atoms with E-state index in [0.29, 0.717) is 5.46 Å². The fourth-order valence-electron chi connectivity index (χ4n) is 2.10. The maximum atomic E-state index is 12.8. The van der Waals surface area contributed by atoms with E-state index in [2.05, 4.69) is 0 Å². The van der Waals surface area contributed by atoms with Gasteiger partial charge in [0.15, 0.2) is 0 Å². The van der Waals surface area contributed by atoms with E-state index in [1.165, 1.54) is 6.07 Å². The molecule has 1 aliphatic rings. The van der Waals surface area contributed by atoms with E-state index in [1.54, 1.807) is 18.2 Å². The van der Waals surface area contributed by atoms with Crippen molar-refractivity contribution < 1.29 is 23.2 Å². The van der Waals surface area contributed by atoms with Gasteiger partial charge in [-0.25, -0.2) is 8.78 Å². The molecule has 6 heteroatoms. The highest BCUT2D eigenvalue weighted by Gasteiger charge is 2.52. The summed E-state index contributed by atoms with van der Waals surface area (Å²) in [5, 5.41) is 9.64. The van der Waals surface area contributed by atoms with Gasteiger partial charge in [-0.05, 0) is 38.7 Å². The van der Waals surface area contributed by atoms with Gasteiger partial charge in [-0.2, -0.15) is 0 Å². The molecule has 1 saturated heterocycles. The van der Waals surface area contributed by atoms with Crippen LogP contribution in [0, 0.1) is 0 Å². The van der Waals surface area contributed by atoms with Crippen molar-refractivity contribution in [2.75, 3.05) is 0 Å². The van der Waals surface area contributed by atoms with Crippen molar-refractivity contribution in [2.24, 2.45) is 0 Å². The van der Waals surface area contributed by atoms with Gasteiger partial charge in [0, 0.05) is 0 Å². The third-order valence-electron chi connectivity index (χ3n) is 4.06. The number of hydrogen-bond donors (Lipinski definition) is 1. The normalized spacial score (nSPS) is 22.3. The van der Waals surface area contributed by atoms with Crippen LogP contribution in [0.25, 0.3) is 0 Å². The average Bonchev–Trinajstić information content (AvgIpc) is 2.57. The van der Waals surface area contributed by atoms with Crippen molar-refractivity contribution in [3.8, 4) is 0 Å². The number of rotatable bonds is 3. The summed E-state index contributed by atoms with van der Waals surface area (Å²) in [4.78, 5) is 0. The Morgan fingerprint density at radius 1 is 1.05 bits per heavy atom. The van der Waals surface area contributed by atoms with Gasteiger partial charge in [0.25, 0.3) is 6.43 Å². The van der Waals surface area contributed by atoms with Crippen LogP contribution in [0.1, 0.15) is 39.4 Å². The zero-order chi connectivity index (χ0) is 15.1. The molecule has 1 atom stereocenters. The van der Waals surface area contributed by atoms with E-state index in [-0.39, 0.29) is 5.56 Å². The lowest BCUT2D eigenvalue weighted by Gasteiger charge is -2.32. The number of aliphatic hydroxyl groups is 1. The Bertz CT molecular complexity index is 475. The third-order valence-corrected chi connectivity index (χ3v) is 4.06. The van der Waals surface area contributed by atoms with Gasteiger partial charge in [-0.15, -0.1) is 0 Å². The highest BCUT2D eigenvalue weighted by Crippen LogP contribution is 2.37. The Morgan fingerprint density at radius 2 is 1.55 bits per heavy atom. The molecule has 0 amide bonds. The SMILES string of the molecule is CC1(C)OB(c2ccccc2C(O)C(F)F)OC1(C)C. The Labute approximate surface area is 118 Å². The fraction of sp³-hybridized carbons (Fsp3) is 0.571. The second-order valence-corrected chi connectivity index (χ2v) is 6.00. The number of aliphatic hydroxyl groups excluding tert-OH is 1. The molecule has 1 unspecified atom stereocenters. The van der Waals surface area contributed by atoms with Gasteiger partial charge in [0.05, 0.1) is 11.2 Å². The monoisotopic (exact) mass is 284 g/mol. The topological polar surface area (TPSA) is 38.7 Å². The standard InChI is InChI=1S/C14H19BF2O3/c1-13(2)14(3,4)20-15(19-13)10-8-6-5-7-9(10)11(18)12(16)17/h5-8,11-12,18H,1-4H3. The third kappa shape index (κ3) is 2.60. The molecule has 0 spiro atoms. The first-order chi connectivity index (χ1) is 9.16. The first kappa shape index (κ1) is 15.4. The summed E-state index contributed by atoms with van der Waals surface area (Å²) in [6, 6.07) is 6.43. The predicted molar refractivity (Wildman–Crippen MR) is 73.1 cm³/mol. The molecular weight excluding hydrogens is 265 g/mol. The van der Waals surface area contributed by atoms with Gasteiger partial charge in [-0.3, -0.25) is 0 Å². The second-order valence-electron chi connectivity index (χ2n) is 6.00. The Kier molecular flexibility index (Phi) is 3.93. The molecule has 1 aromatic carbocycles. The van der Waals surface area contributed by atoms with Crippen LogP contribution in [0.2, 0.25) is 0 Å². The second kappa shape index (κ2) is 5.09. The molecular formula is C14H19BF2O3. The maximum Gasteiger partial charge on any atom is 0.495 e. The smallest absolute Gasteiger partial charge is 0.399 e. The van der Waals surface area contributed by atoms with Crippen molar-refractivity contribution in [1.29, 1.82) is 0 Å². The lowest BCUT2D eigenvalue weighted by Crippen LogP contribution is -2.41. The molecule has 1 aliphatic heterocycles. The van der Waals surface area contributed by atoms with Gasteiger partial charge in [0.1, 0.15) is 6.10 Å². The highest BCUT2D eigenvalue weighted by atomic mass is 19.3. The van der Waals surface area contributed by atoms with Crippen molar-refractivity contribution in [3.63, 3.8) is 0 Å². The Balaban J connectivity index is 2.36. The molecule has 1 heterocycles. The number of benzene rings is 1. The van der Waals surface area contributed by atoms with Gasteiger partial charge in [-0.1, -0.05) is 24.3 Å². The van der Waals surface area contributed by atoms with Crippen LogP contribution in [-0.2, 0) is 9.31 Å². The van der Waals surface area contributed by atoms with Crippen molar-refractivity contribution in [3.05, 3.63) is 29.8 Å². The van der Waals surface area contributed by atoms with Crippen molar-refractivity contribution in [2.45, 2.75) is 51.4 Å². The summed E-state index contributed by atoms with van der Waals surface area (Å²) >= 11 is 0. The summed E-state index contributed by atoms with van der Waals surface area (Å²) in [5.74, 6) is 0. The summed E-state index contributed by atoms with van der Waals surface area (Å²) in [6.45, 7) is 7.55. The van der Waals surface area contributed by atoms with E-state index < -0.39 is 30.8 Å². The molecule has 0 aromatic heterocycles. The van der Waals surface area contributed by atoms with Gasteiger partial charge >= 0.3 is 7.12 Å². The number of halogens is 2. The zero-order valence-corrected chi connectivity index (χ0v) is 12.1. The molecule has 2 rings (SSSR count). The molecule has 1 N–H and O–H groups in total. The van der Waals surface area contributed by atoms with Crippen molar-refractivity contribution in [1.82, 2.24) is 0 Å². The van der Waals surface area contributed by atoms with E-state index in [9.17, 15) is 13.9 Å². The van der Waals surface area contributed by atoms with E-state index >= 15 is 0 Å². The maximum absolute atomic E-state index is 12.8. The molecule has 110 valence electrons. The van der Waals surface area contributed by atoms with Crippen molar-refractivity contribution >= 4 is 12.6 Å². The quantitative estimate of drug-likeness (QED) is 0.865. The largest absolute Gasteiger partial charge is 0.495 e. The van der Waals surface area contributed by atoms with E-state index in [4.69, 9.17) is 9.31 Å². The number of alkyl halides is 2. The van der Waals surface area contributed by atoms with E-state index in [0.717, 1.165) is 0 Å². The Hall–Kier alpha value is -0.975. The van der Waals surface area contributed by atoms with Crippen LogP contribution >= 0.6 is 0 Å². The molecule has 0 radical (unpaired) electrons. The van der Waals surface area contributed by atoms with Gasteiger partial charge < -0.3 is 14.4 Å². The minimum Gasteiger partial charge on any atom is -0.399 e. The van der Waals surface area contributed by atoms with Crippen LogP contribution in [0.3, 0.4) is 0 Å². The average molecular weight is 284 g/mol. The number of hydrogen-bond acceptors (Lipinski definition) is 3. The molecule has 20 heavy (non-hydrogen) atoms. The molecule has 1 aromatic rings. The molecule has 1 fully saturated rings.